The van der Waals surface area contributed by atoms with Crippen LogP contribution >= 0.6 is 0 Å². The maximum Gasteiger partial charge on any atom is 0.573 e. The number of hydrogen-bond donors (Lipinski definition) is 0. The Bertz CT molecular complexity index is 825. The number of nitrogens with zero attached hydrogens (tertiary/aromatic N) is 2. The van der Waals surface area contributed by atoms with Crippen LogP contribution in [-0.2, 0) is 10.0 Å². The van der Waals surface area contributed by atoms with Crippen molar-refractivity contribution < 1.29 is 26.3 Å². The van der Waals surface area contributed by atoms with Gasteiger partial charge in [-0.15, -0.1) is 17.6 Å². The average Bonchev–Trinajstić information content (AvgIpc) is 2.63. The van der Waals surface area contributed by atoms with Crippen molar-refractivity contribution in [2.24, 2.45) is 4.40 Å². The van der Waals surface area contributed by atoms with Crippen LogP contribution in [0.5, 0.6) is 5.75 Å². The van der Waals surface area contributed by atoms with Crippen LogP contribution in [0.25, 0.3) is 5.57 Å². The minimum atomic E-state index is -4.76. The highest BCUT2D eigenvalue weighted by Crippen LogP contribution is 2.28. The van der Waals surface area contributed by atoms with E-state index in [0.29, 0.717) is 24.1 Å². The zero-order chi connectivity index (χ0) is 17.4. The van der Waals surface area contributed by atoms with Gasteiger partial charge in [0.15, 0.2) is 5.84 Å². The molecule has 1 aromatic carbocycles. The molecular weight excluding hydrogens is 345 g/mol. The molecule has 24 heavy (non-hydrogen) atoms. The fraction of sp³-hybridized carbons (Fsp3) is 0.267. The molecule has 0 bridgehead atoms. The number of alkyl halides is 3. The zero-order valence-corrected chi connectivity index (χ0v) is 13.1. The van der Waals surface area contributed by atoms with Gasteiger partial charge < -0.3 is 9.64 Å². The number of rotatable bonds is 2. The smallest absolute Gasteiger partial charge is 0.406 e. The van der Waals surface area contributed by atoms with Crippen molar-refractivity contribution in [2.75, 3.05) is 12.3 Å². The second-order valence-electron chi connectivity index (χ2n) is 5.24. The largest absolute Gasteiger partial charge is 0.573 e. The Morgan fingerprint density at radius 1 is 1.17 bits per heavy atom. The SMILES string of the molecule is O=S1(=O)CCCN2C=CC=C(c3ccc(OC(F)(F)F)cc3)C2=N1. The summed E-state index contributed by atoms with van der Waals surface area (Å²) in [6, 6.07) is 5.23. The molecule has 0 amide bonds. The van der Waals surface area contributed by atoms with Gasteiger partial charge in [-0.1, -0.05) is 12.1 Å². The fourth-order valence-corrected chi connectivity index (χ4v) is 3.53. The Balaban J connectivity index is 1.94. The Hall–Kier alpha value is -2.29. The molecule has 0 spiro atoms. The van der Waals surface area contributed by atoms with Crippen LogP contribution in [0.15, 0.2) is 47.0 Å². The van der Waals surface area contributed by atoms with Gasteiger partial charge in [0.1, 0.15) is 5.75 Å². The highest BCUT2D eigenvalue weighted by atomic mass is 32.2. The third kappa shape index (κ3) is 3.78. The molecular formula is C15H13F3N2O3S. The number of amidine groups is 1. The molecule has 2 aliphatic heterocycles. The monoisotopic (exact) mass is 358 g/mol. The van der Waals surface area contributed by atoms with Gasteiger partial charge in [-0.25, -0.2) is 8.42 Å². The molecule has 0 saturated heterocycles. The number of sulfonamides is 1. The zero-order valence-electron chi connectivity index (χ0n) is 12.3. The highest BCUT2D eigenvalue weighted by Gasteiger charge is 2.31. The minimum Gasteiger partial charge on any atom is -0.406 e. The number of benzene rings is 1. The van der Waals surface area contributed by atoms with Crippen molar-refractivity contribution in [1.82, 2.24) is 4.90 Å². The summed E-state index contributed by atoms with van der Waals surface area (Å²) >= 11 is 0. The molecule has 2 heterocycles. The maximum absolute atomic E-state index is 12.2. The molecule has 0 aliphatic carbocycles. The van der Waals surface area contributed by atoms with Gasteiger partial charge in [-0.2, -0.15) is 0 Å². The molecule has 0 unspecified atom stereocenters. The highest BCUT2D eigenvalue weighted by molar-refractivity contribution is 7.90. The summed E-state index contributed by atoms with van der Waals surface area (Å²) in [6.45, 7) is 0.501. The molecule has 5 nitrogen and oxygen atoms in total. The molecule has 0 fully saturated rings. The molecule has 3 rings (SSSR count). The molecule has 0 atom stereocenters. The number of ether oxygens (including phenoxy) is 1. The summed E-state index contributed by atoms with van der Waals surface area (Å²) in [5.41, 5.74) is 1.08. The predicted molar refractivity (Wildman–Crippen MR) is 82.8 cm³/mol. The van der Waals surface area contributed by atoms with Crippen LogP contribution in [0, 0.1) is 0 Å². The molecule has 0 saturated carbocycles. The van der Waals surface area contributed by atoms with Gasteiger partial charge in [0.2, 0.25) is 0 Å². The van der Waals surface area contributed by atoms with Crippen LogP contribution in [0.3, 0.4) is 0 Å². The molecule has 128 valence electrons. The first-order chi connectivity index (χ1) is 11.2. The molecule has 0 radical (unpaired) electrons. The number of halogens is 3. The van der Waals surface area contributed by atoms with Crippen LogP contribution in [0.1, 0.15) is 12.0 Å². The van der Waals surface area contributed by atoms with Crippen LogP contribution in [-0.4, -0.2) is 37.8 Å². The van der Waals surface area contributed by atoms with Crippen LogP contribution in [0.2, 0.25) is 0 Å². The quantitative estimate of drug-likeness (QED) is 0.816. The van der Waals surface area contributed by atoms with Crippen molar-refractivity contribution in [3.05, 3.63) is 48.2 Å². The van der Waals surface area contributed by atoms with E-state index in [0.717, 1.165) is 0 Å². The Kier molecular flexibility index (Phi) is 4.12. The predicted octanol–water partition coefficient (Wildman–Crippen LogP) is 2.93. The Labute approximate surface area is 136 Å². The molecule has 0 N–H and O–H groups in total. The van der Waals surface area contributed by atoms with E-state index in [1.807, 2.05) is 0 Å². The summed E-state index contributed by atoms with van der Waals surface area (Å²) in [6.07, 6.45) is 0.836. The van der Waals surface area contributed by atoms with Crippen molar-refractivity contribution in [2.45, 2.75) is 12.8 Å². The second-order valence-corrected chi connectivity index (χ2v) is 7.00. The summed E-state index contributed by atoms with van der Waals surface area (Å²) in [5.74, 6) is -0.100. The van der Waals surface area contributed by atoms with Crippen molar-refractivity contribution in [3.8, 4) is 5.75 Å². The molecule has 0 aromatic heterocycles. The lowest BCUT2D eigenvalue weighted by atomic mass is 10.0. The summed E-state index contributed by atoms with van der Waals surface area (Å²) < 4.78 is 68.1. The van der Waals surface area contributed by atoms with Crippen molar-refractivity contribution >= 4 is 21.4 Å². The van der Waals surface area contributed by atoms with E-state index >= 15 is 0 Å². The maximum atomic E-state index is 12.2. The van der Waals surface area contributed by atoms with E-state index in [4.69, 9.17) is 0 Å². The van der Waals surface area contributed by atoms with E-state index in [9.17, 15) is 21.6 Å². The lowest BCUT2D eigenvalue weighted by Gasteiger charge is -2.24. The van der Waals surface area contributed by atoms with Gasteiger partial charge in [0.05, 0.1) is 5.75 Å². The average molecular weight is 358 g/mol. The Morgan fingerprint density at radius 2 is 1.88 bits per heavy atom. The summed E-state index contributed by atoms with van der Waals surface area (Å²) in [7, 11) is -3.56. The normalized spacial score (nSPS) is 19.9. The number of allylic oxidation sites excluding steroid dienone is 2. The third-order valence-electron chi connectivity index (χ3n) is 3.47. The van der Waals surface area contributed by atoms with Crippen molar-refractivity contribution in [3.63, 3.8) is 0 Å². The first-order valence-electron chi connectivity index (χ1n) is 7.08. The lowest BCUT2D eigenvalue weighted by Crippen LogP contribution is -2.28. The van der Waals surface area contributed by atoms with Crippen LogP contribution in [0.4, 0.5) is 13.2 Å². The van der Waals surface area contributed by atoms with E-state index < -0.39 is 16.4 Å². The fourth-order valence-electron chi connectivity index (χ4n) is 2.48. The van der Waals surface area contributed by atoms with E-state index in [1.165, 1.54) is 24.3 Å². The molecule has 2 aliphatic rings. The number of hydrogen-bond acceptors (Lipinski definition) is 4. The first kappa shape index (κ1) is 16.6. The van der Waals surface area contributed by atoms with Crippen molar-refractivity contribution in [1.29, 1.82) is 0 Å². The van der Waals surface area contributed by atoms with E-state index in [2.05, 4.69) is 9.13 Å². The van der Waals surface area contributed by atoms with E-state index in [-0.39, 0.29) is 17.3 Å². The van der Waals surface area contributed by atoms with E-state index in [1.54, 1.807) is 23.3 Å². The molecule has 1 aromatic rings. The third-order valence-corrected chi connectivity index (χ3v) is 4.72. The number of fused-ring (bicyclic) bond motifs is 1. The Morgan fingerprint density at radius 3 is 2.54 bits per heavy atom. The van der Waals surface area contributed by atoms with Crippen LogP contribution < -0.4 is 4.74 Å². The summed E-state index contributed by atoms with van der Waals surface area (Å²) in [4.78, 5) is 1.72. The standard InChI is InChI=1S/C15H13F3N2O3S/c16-15(17,18)23-12-6-4-11(5-7-12)13-3-1-8-20-9-2-10-24(21,22)19-14(13)20/h1,3-8H,2,9-10H2. The lowest BCUT2D eigenvalue weighted by molar-refractivity contribution is -0.274. The molecule has 9 heteroatoms. The second kappa shape index (κ2) is 5.97. The minimum absolute atomic E-state index is 0.0352. The van der Waals surface area contributed by atoms with Gasteiger partial charge in [-0.3, -0.25) is 0 Å². The van der Waals surface area contributed by atoms with Gasteiger partial charge in [0.25, 0.3) is 10.0 Å². The van der Waals surface area contributed by atoms with Gasteiger partial charge in [0, 0.05) is 18.3 Å². The topological polar surface area (TPSA) is 59.0 Å². The first-order valence-corrected chi connectivity index (χ1v) is 8.69. The van der Waals surface area contributed by atoms with Gasteiger partial charge in [-0.05, 0) is 36.3 Å². The van der Waals surface area contributed by atoms with Gasteiger partial charge >= 0.3 is 6.36 Å². The summed E-state index contributed by atoms with van der Waals surface area (Å²) in [5, 5.41) is 0.